The van der Waals surface area contributed by atoms with Crippen LogP contribution in [0.5, 0.6) is 0 Å². The van der Waals surface area contributed by atoms with E-state index in [1.54, 1.807) is 24.5 Å². The molecule has 0 amide bonds. The van der Waals surface area contributed by atoms with Crippen LogP contribution in [0.15, 0.2) is 36.7 Å². The van der Waals surface area contributed by atoms with Gasteiger partial charge in [-0.05, 0) is 30.7 Å². The maximum Gasteiger partial charge on any atom is 0.245 e. The summed E-state index contributed by atoms with van der Waals surface area (Å²) < 4.78 is 49.7. The number of fused-ring (bicyclic) bond motifs is 1. The summed E-state index contributed by atoms with van der Waals surface area (Å²) in [5.41, 5.74) is 1.32. The van der Waals surface area contributed by atoms with Gasteiger partial charge in [0, 0.05) is 18.4 Å². The molecular formula is C17H22N6O4S2. The molecule has 29 heavy (non-hydrogen) atoms. The van der Waals surface area contributed by atoms with Crippen molar-refractivity contribution < 1.29 is 16.8 Å². The van der Waals surface area contributed by atoms with Crippen molar-refractivity contribution in [3.63, 3.8) is 0 Å². The zero-order valence-electron chi connectivity index (χ0n) is 16.3. The second-order valence-electron chi connectivity index (χ2n) is 6.59. The second kappa shape index (κ2) is 7.95. The summed E-state index contributed by atoms with van der Waals surface area (Å²) in [6.45, 7) is 2.87. The van der Waals surface area contributed by atoms with E-state index < -0.39 is 20.0 Å². The van der Waals surface area contributed by atoms with Gasteiger partial charge in [0.25, 0.3) is 0 Å². The number of sulfonamides is 2. The zero-order valence-corrected chi connectivity index (χ0v) is 17.9. The van der Waals surface area contributed by atoms with Crippen molar-refractivity contribution in [3.05, 3.63) is 36.7 Å². The van der Waals surface area contributed by atoms with E-state index in [4.69, 9.17) is 0 Å². The SMILES string of the molecule is CCCCn1ncc2cnc(Nc3ccc(N(S(C)(=O)=O)S(C)(=O)=O)cc3)nc21. The molecule has 3 rings (SSSR count). The number of hydrogen-bond donors (Lipinski definition) is 1. The third-order valence-electron chi connectivity index (χ3n) is 4.04. The highest BCUT2D eigenvalue weighted by Crippen LogP contribution is 2.24. The molecule has 3 aromatic rings. The molecule has 10 nitrogen and oxygen atoms in total. The summed E-state index contributed by atoms with van der Waals surface area (Å²) in [7, 11) is -7.97. The number of benzene rings is 1. The van der Waals surface area contributed by atoms with E-state index in [1.807, 2.05) is 4.68 Å². The molecule has 1 N–H and O–H groups in total. The molecule has 0 saturated carbocycles. The molecule has 2 heterocycles. The molecule has 0 spiro atoms. The molecule has 0 unspecified atom stereocenters. The van der Waals surface area contributed by atoms with Gasteiger partial charge >= 0.3 is 0 Å². The van der Waals surface area contributed by atoms with Gasteiger partial charge in [-0.3, -0.25) is 0 Å². The van der Waals surface area contributed by atoms with Crippen LogP contribution in [0.1, 0.15) is 19.8 Å². The molecule has 12 heteroatoms. The van der Waals surface area contributed by atoms with Gasteiger partial charge in [0.1, 0.15) is 0 Å². The van der Waals surface area contributed by atoms with Crippen LogP contribution in [0.2, 0.25) is 0 Å². The Balaban J connectivity index is 1.86. The van der Waals surface area contributed by atoms with Crippen LogP contribution in [0.25, 0.3) is 11.0 Å². The third-order valence-corrected chi connectivity index (χ3v) is 7.29. The Morgan fingerprint density at radius 2 is 1.69 bits per heavy atom. The standard InChI is InChI=1S/C17H22N6O4S2/c1-4-5-10-22-16-13(12-19-22)11-18-17(21-16)20-14-6-8-15(9-7-14)23(28(2,24)25)29(3,26)27/h6-9,11-12H,4-5,10H2,1-3H3,(H,18,20,21). The normalized spacial score (nSPS) is 12.2. The van der Waals surface area contributed by atoms with Crippen LogP contribution in [0, 0.1) is 0 Å². The van der Waals surface area contributed by atoms with E-state index >= 15 is 0 Å². The highest BCUT2D eigenvalue weighted by atomic mass is 32.3. The monoisotopic (exact) mass is 438 g/mol. The molecule has 156 valence electrons. The van der Waals surface area contributed by atoms with Crippen LogP contribution in [0.3, 0.4) is 0 Å². The number of anilines is 3. The van der Waals surface area contributed by atoms with Crippen LogP contribution < -0.4 is 9.03 Å². The quantitative estimate of drug-likeness (QED) is 0.566. The van der Waals surface area contributed by atoms with E-state index in [1.165, 1.54) is 12.1 Å². The Bertz CT molecular complexity index is 1190. The van der Waals surface area contributed by atoms with Crippen molar-refractivity contribution in [2.24, 2.45) is 0 Å². The molecule has 0 fully saturated rings. The Hall–Kier alpha value is -2.73. The molecule has 0 aliphatic rings. The summed E-state index contributed by atoms with van der Waals surface area (Å²) >= 11 is 0. The van der Waals surface area contributed by atoms with E-state index in [0.29, 0.717) is 21.0 Å². The number of rotatable bonds is 8. The number of nitrogens with zero attached hydrogens (tertiary/aromatic N) is 5. The predicted molar refractivity (Wildman–Crippen MR) is 112 cm³/mol. The van der Waals surface area contributed by atoms with E-state index in [-0.39, 0.29) is 5.69 Å². The van der Waals surface area contributed by atoms with E-state index in [0.717, 1.165) is 37.3 Å². The lowest BCUT2D eigenvalue weighted by molar-refractivity contribution is 0.584. The van der Waals surface area contributed by atoms with Crippen molar-refractivity contribution in [2.45, 2.75) is 26.3 Å². The summed E-state index contributed by atoms with van der Waals surface area (Å²) in [6.07, 6.45) is 7.10. The summed E-state index contributed by atoms with van der Waals surface area (Å²) in [5.74, 6) is 0.353. The maximum atomic E-state index is 11.9. The Morgan fingerprint density at radius 3 is 2.28 bits per heavy atom. The number of nitrogens with one attached hydrogen (secondary N) is 1. The highest BCUT2D eigenvalue weighted by Gasteiger charge is 2.27. The minimum atomic E-state index is -3.99. The average molecular weight is 439 g/mol. The fourth-order valence-corrected chi connectivity index (χ4v) is 5.80. The van der Waals surface area contributed by atoms with Crippen LogP contribution in [0.4, 0.5) is 17.3 Å². The topological polar surface area (TPSA) is 127 Å². The van der Waals surface area contributed by atoms with Gasteiger partial charge in [0.05, 0.1) is 29.8 Å². The number of aryl methyl sites for hydroxylation is 1. The largest absolute Gasteiger partial charge is 0.324 e. The zero-order chi connectivity index (χ0) is 21.2. The first-order valence-corrected chi connectivity index (χ1v) is 12.6. The lowest BCUT2D eigenvalue weighted by Crippen LogP contribution is -2.35. The number of aromatic nitrogens is 4. The van der Waals surface area contributed by atoms with Crippen LogP contribution in [-0.2, 0) is 26.6 Å². The first-order chi connectivity index (χ1) is 13.6. The second-order valence-corrected chi connectivity index (χ2v) is 10.5. The molecule has 0 saturated heterocycles. The smallest absolute Gasteiger partial charge is 0.245 e. The van der Waals surface area contributed by atoms with Crippen LogP contribution >= 0.6 is 0 Å². The van der Waals surface area contributed by atoms with Gasteiger partial charge < -0.3 is 5.32 Å². The molecule has 0 atom stereocenters. The first kappa shape index (κ1) is 21.0. The van der Waals surface area contributed by atoms with Gasteiger partial charge in [-0.2, -0.15) is 13.8 Å². The molecule has 1 aromatic carbocycles. The summed E-state index contributed by atoms with van der Waals surface area (Å²) in [6, 6.07) is 5.91. The summed E-state index contributed by atoms with van der Waals surface area (Å²) in [5, 5.41) is 8.19. The van der Waals surface area contributed by atoms with Gasteiger partial charge in [-0.1, -0.05) is 13.3 Å². The molecule has 0 radical (unpaired) electrons. The van der Waals surface area contributed by atoms with E-state index in [2.05, 4.69) is 27.3 Å². The van der Waals surface area contributed by atoms with Gasteiger partial charge in [0.2, 0.25) is 26.0 Å². The molecule has 0 aliphatic carbocycles. The van der Waals surface area contributed by atoms with Crippen molar-refractivity contribution in [1.82, 2.24) is 19.7 Å². The van der Waals surface area contributed by atoms with Crippen molar-refractivity contribution in [2.75, 3.05) is 21.5 Å². The number of hydrogen-bond acceptors (Lipinski definition) is 8. The molecule has 2 aromatic heterocycles. The van der Waals surface area contributed by atoms with Crippen molar-refractivity contribution in [1.29, 1.82) is 0 Å². The number of unbranched alkanes of at least 4 members (excludes halogenated alkanes) is 1. The minimum Gasteiger partial charge on any atom is -0.324 e. The van der Waals surface area contributed by atoms with Gasteiger partial charge in [0.15, 0.2) is 5.65 Å². The highest BCUT2D eigenvalue weighted by molar-refractivity contribution is 8.09. The lowest BCUT2D eigenvalue weighted by atomic mass is 10.3. The van der Waals surface area contributed by atoms with Gasteiger partial charge in [-0.25, -0.2) is 26.5 Å². The molecule has 0 bridgehead atoms. The van der Waals surface area contributed by atoms with E-state index in [9.17, 15) is 16.8 Å². The maximum absolute atomic E-state index is 11.9. The van der Waals surface area contributed by atoms with Crippen molar-refractivity contribution >= 4 is 48.4 Å². The Labute approximate surface area is 169 Å². The van der Waals surface area contributed by atoms with Crippen molar-refractivity contribution in [3.8, 4) is 0 Å². The fourth-order valence-electron chi connectivity index (χ4n) is 2.82. The van der Waals surface area contributed by atoms with Crippen LogP contribution in [-0.4, -0.2) is 49.1 Å². The first-order valence-electron chi connectivity index (χ1n) is 8.85. The molecule has 0 aliphatic heterocycles. The average Bonchev–Trinajstić information content (AvgIpc) is 3.01. The van der Waals surface area contributed by atoms with Gasteiger partial charge in [-0.15, -0.1) is 0 Å². The predicted octanol–water partition coefficient (Wildman–Crippen LogP) is 2.10. The Morgan fingerprint density at radius 1 is 1.03 bits per heavy atom. The molecular weight excluding hydrogens is 416 g/mol. The third kappa shape index (κ3) is 4.82. The fraction of sp³-hybridized carbons (Fsp3) is 0.353. The lowest BCUT2D eigenvalue weighted by Gasteiger charge is -2.19. The minimum absolute atomic E-state index is 0.0227. The Kier molecular flexibility index (Phi) is 5.75. The summed E-state index contributed by atoms with van der Waals surface area (Å²) in [4.78, 5) is 8.75.